The van der Waals surface area contributed by atoms with Gasteiger partial charge in [-0.2, -0.15) is 0 Å². The highest BCUT2D eigenvalue weighted by molar-refractivity contribution is 6.04. The summed E-state index contributed by atoms with van der Waals surface area (Å²) in [4.78, 5) is 32.6. The van der Waals surface area contributed by atoms with Gasteiger partial charge in [0.05, 0.1) is 17.5 Å². The third kappa shape index (κ3) is 4.98. The standard InChI is InChI=1S/C29H34N4O2/c1-3-29(4-2,23-9-6-5-7-10-23)28(35)33-20-8-11-25(33)26(30)21-12-14-22(15-13-21)27(34)32-24-16-18-31-19-17-24/h5-7,9-10,12-19,25-26H,3-4,8,11,20,30H2,1-2H3,(H,31,32,34). The molecule has 0 bridgehead atoms. The van der Waals surface area contributed by atoms with Crippen molar-refractivity contribution >= 4 is 17.5 Å². The molecule has 1 aromatic heterocycles. The lowest BCUT2D eigenvalue weighted by Gasteiger charge is -2.39. The highest BCUT2D eigenvalue weighted by atomic mass is 16.2. The first-order valence-electron chi connectivity index (χ1n) is 12.4. The van der Waals surface area contributed by atoms with Crippen LogP contribution < -0.4 is 11.1 Å². The quantitative estimate of drug-likeness (QED) is 0.480. The summed E-state index contributed by atoms with van der Waals surface area (Å²) in [6.45, 7) is 4.91. The van der Waals surface area contributed by atoms with Gasteiger partial charge in [0, 0.05) is 30.2 Å². The molecule has 35 heavy (non-hydrogen) atoms. The number of hydrogen-bond acceptors (Lipinski definition) is 4. The molecule has 2 atom stereocenters. The van der Waals surface area contributed by atoms with Gasteiger partial charge in [-0.1, -0.05) is 56.3 Å². The number of benzene rings is 2. The summed E-state index contributed by atoms with van der Waals surface area (Å²) in [6, 6.07) is 20.6. The summed E-state index contributed by atoms with van der Waals surface area (Å²) in [6.07, 6.45) is 6.56. The summed E-state index contributed by atoms with van der Waals surface area (Å²) in [5.41, 5.74) is 9.44. The maximum Gasteiger partial charge on any atom is 0.255 e. The Hall–Kier alpha value is -3.51. The van der Waals surface area contributed by atoms with E-state index in [0.717, 1.165) is 43.4 Å². The Morgan fingerprint density at radius 2 is 1.69 bits per heavy atom. The van der Waals surface area contributed by atoms with Crippen molar-refractivity contribution in [3.05, 3.63) is 95.8 Å². The van der Waals surface area contributed by atoms with Gasteiger partial charge < -0.3 is 16.0 Å². The molecule has 1 fully saturated rings. The third-order valence-electron chi connectivity index (χ3n) is 7.41. The predicted molar refractivity (Wildman–Crippen MR) is 139 cm³/mol. The van der Waals surface area contributed by atoms with Gasteiger partial charge in [0.25, 0.3) is 5.91 Å². The Kier molecular flexibility index (Phi) is 7.61. The second-order valence-electron chi connectivity index (χ2n) is 9.20. The number of carbonyl (C=O) groups is 2. The van der Waals surface area contributed by atoms with Crippen LogP contribution in [0.15, 0.2) is 79.1 Å². The minimum absolute atomic E-state index is 0.0693. The number of aromatic nitrogens is 1. The molecule has 1 aliphatic rings. The van der Waals surface area contributed by atoms with E-state index < -0.39 is 5.41 Å². The van der Waals surface area contributed by atoms with E-state index in [0.29, 0.717) is 11.3 Å². The number of nitrogens with one attached hydrogen (secondary N) is 1. The summed E-state index contributed by atoms with van der Waals surface area (Å²) >= 11 is 0. The van der Waals surface area contributed by atoms with Crippen molar-refractivity contribution in [2.45, 2.75) is 57.0 Å². The van der Waals surface area contributed by atoms with Gasteiger partial charge in [-0.05, 0) is 61.1 Å². The summed E-state index contributed by atoms with van der Waals surface area (Å²) in [5.74, 6) is -0.0208. The fourth-order valence-corrected chi connectivity index (χ4v) is 5.25. The first-order chi connectivity index (χ1) is 17.0. The molecule has 1 saturated heterocycles. The lowest BCUT2D eigenvalue weighted by Crippen LogP contribution is -2.51. The van der Waals surface area contributed by atoms with E-state index in [1.165, 1.54) is 0 Å². The number of anilines is 1. The molecule has 6 heteroatoms. The molecule has 0 aliphatic carbocycles. The van der Waals surface area contributed by atoms with E-state index in [2.05, 4.69) is 36.3 Å². The molecule has 1 aliphatic heterocycles. The molecular weight excluding hydrogens is 436 g/mol. The second-order valence-corrected chi connectivity index (χ2v) is 9.20. The Labute approximate surface area is 207 Å². The van der Waals surface area contributed by atoms with Gasteiger partial charge in [0.2, 0.25) is 5.91 Å². The van der Waals surface area contributed by atoms with Crippen molar-refractivity contribution in [2.24, 2.45) is 5.73 Å². The van der Waals surface area contributed by atoms with Crippen molar-refractivity contribution in [2.75, 3.05) is 11.9 Å². The molecule has 182 valence electrons. The van der Waals surface area contributed by atoms with Gasteiger partial charge in [-0.25, -0.2) is 0 Å². The van der Waals surface area contributed by atoms with Crippen molar-refractivity contribution < 1.29 is 9.59 Å². The first-order valence-corrected chi connectivity index (χ1v) is 12.4. The molecule has 3 aromatic rings. The zero-order valence-electron chi connectivity index (χ0n) is 20.5. The van der Waals surface area contributed by atoms with Crippen LogP contribution >= 0.6 is 0 Å². The number of rotatable bonds is 8. The second kappa shape index (κ2) is 10.8. The number of hydrogen-bond donors (Lipinski definition) is 2. The van der Waals surface area contributed by atoms with Crippen LogP contribution in [0.4, 0.5) is 5.69 Å². The largest absolute Gasteiger partial charge is 0.337 e. The third-order valence-corrected chi connectivity index (χ3v) is 7.41. The molecular formula is C29H34N4O2. The Morgan fingerprint density at radius 3 is 2.31 bits per heavy atom. The average molecular weight is 471 g/mol. The van der Waals surface area contributed by atoms with Crippen LogP contribution in [0.5, 0.6) is 0 Å². The fraction of sp³-hybridized carbons (Fsp3) is 0.345. The van der Waals surface area contributed by atoms with Gasteiger partial charge in [0.1, 0.15) is 0 Å². The molecule has 6 nitrogen and oxygen atoms in total. The number of nitrogens with zero attached hydrogens (tertiary/aromatic N) is 2. The van der Waals surface area contributed by atoms with Crippen LogP contribution in [0.1, 0.15) is 67.1 Å². The number of carbonyl (C=O) groups excluding carboxylic acids is 2. The van der Waals surface area contributed by atoms with Crippen LogP contribution in [-0.4, -0.2) is 34.3 Å². The zero-order chi connectivity index (χ0) is 24.8. The number of amides is 2. The smallest absolute Gasteiger partial charge is 0.255 e. The Bertz CT molecular complexity index is 1130. The van der Waals surface area contributed by atoms with Crippen molar-refractivity contribution in [3.8, 4) is 0 Å². The van der Waals surface area contributed by atoms with E-state index >= 15 is 0 Å². The van der Waals surface area contributed by atoms with Crippen molar-refractivity contribution in [3.63, 3.8) is 0 Å². The topological polar surface area (TPSA) is 88.3 Å². The maximum absolute atomic E-state index is 14.0. The van der Waals surface area contributed by atoms with E-state index in [4.69, 9.17) is 5.73 Å². The molecule has 2 aromatic carbocycles. The highest BCUT2D eigenvalue weighted by Crippen LogP contribution is 2.38. The molecule has 4 rings (SSSR count). The molecule has 0 saturated carbocycles. The minimum atomic E-state index is -0.543. The number of nitrogens with two attached hydrogens (primary N) is 1. The van der Waals surface area contributed by atoms with Crippen LogP contribution in [-0.2, 0) is 10.2 Å². The molecule has 2 amide bonds. The van der Waals surface area contributed by atoms with Gasteiger partial charge in [0.15, 0.2) is 0 Å². The van der Waals surface area contributed by atoms with Crippen LogP contribution in [0.3, 0.4) is 0 Å². The molecule has 0 radical (unpaired) electrons. The Morgan fingerprint density at radius 1 is 1.03 bits per heavy atom. The first kappa shape index (κ1) is 24.6. The van der Waals surface area contributed by atoms with E-state index in [9.17, 15) is 9.59 Å². The average Bonchev–Trinajstić information content (AvgIpc) is 3.40. The molecule has 0 spiro atoms. The molecule has 2 heterocycles. The van der Waals surface area contributed by atoms with Crippen LogP contribution in [0, 0.1) is 0 Å². The Balaban J connectivity index is 1.51. The van der Waals surface area contributed by atoms with Gasteiger partial charge in [-0.3, -0.25) is 14.6 Å². The SMILES string of the molecule is CCC(CC)(C(=O)N1CCCC1C(N)c1ccc(C(=O)Nc2ccncc2)cc1)c1ccccc1. The van der Waals surface area contributed by atoms with Gasteiger partial charge >= 0.3 is 0 Å². The predicted octanol–water partition coefficient (Wildman–Crippen LogP) is 5.08. The lowest BCUT2D eigenvalue weighted by molar-refractivity contribution is -0.139. The summed E-state index contributed by atoms with van der Waals surface area (Å²) in [7, 11) is 0. The van der Waals surface area contributed by atoms with Gasteiger partial charge in [-0.15, -0.1) is 0 Å². The van der Waals surface area contributed by atoms with Crippen LogP contribution in [0.25, 0.3) is 0 Å². The molecule has 2 unspecified atom stereocenters. The fourth-order valence-electron chi connectivity index (χ4n) is 5.25. The summed E-state index contributed by atoms with van der Waals surface area (Å²) < 4.78 is 0. The monoisotopic (exact) mass is 470 g/mol. The van der Waals surface area contributed by atoms with E-state index in [1.54, 1.807) is 36.7 Å². The van der Waals surface area contributed by atoms with E-state index in [1.807, 2.05) is 35.2 Å². The normalized spacial score (nSPS) is 16.7. The van der Waals surface area contributed by atoms with Crippen LogP contribution in [0.2, 0.25) is 0 Å². The van der Waals surface area contributed by atoms with E-state index in [-0.39, 0.29) is 23.9 Å². The maximum atomic E-state index is 14.0. The van der Waals surface area contributed by atoms with Crippen molar-refractivity contribution in [1.82, 2.24) is 9.88 Å². The highest BCUT2D eigenvalue weighted by Gasteiger charge is 2.44. The number of pyridine rings is 1. The zero-order valence-corrected chi connectivity index (χ0v) is 20.5. The van der Waals surface area contributed by atoms with Crippen molar-refractivity contribution in [1.29, 1.82) is 0 Å². The summed E-state index contributed by atoms with van der Waals surface area (Å²) in [5, 5.41) is 2.87. The minimum Gasteiger partial charge on any atom is -0.337 e. The lowest BCUT2D eigenvalue weighted by atomic mass is 9.74. The molecule has 3 N–H and O–H groups in total. The number of likely N-dealkylation sites (tertiary alicyclic amines) is 1.